The molecule has 3 aromatic rings. The Morgan fingerprint density at radius 3 is 2.70 bits per heavy atom. The lowest BCUT2D eigenvalue weighted by Crippen LogP contribution is -1.94. The van der Waals surface area contributed by atoms with Gasteiger partial charge in [0.2, 0.25) is 0 Å². The summed E-state index contributed by atoms with van der Waals surface area (Å²) in [6.45, 7) is 0.503. The molecular formula is C16H12BrNOS. The van der Waals surface area contributed by atoms with Crippen LogP contribution in [0.2, 0.25) is 0 Å². The molecule has 2 aromatic carbocycles. The quantitative estimate of drug-likeness (QED) is 0.652. The molecule has 0 N–H and O–H groups in total. The first kappa shape index (κ1) is 13.3. The van der Waals surface area contributed by atoms with Crippen LogP contribution in [0, 0.1) is 0 Å². The van der Waals surface area contributed by atoms with Crippen molar-refractivity contribution in [3.63, 3.8) is 0 Å². The van der Waals surface area contributed by atoms with E-state index in [0.717, 1.165) is 26.5 Å². The number of nitrogens with zero attached hydrogens (tertiary/aromatic N) is 1. The average molecular weight is 346 g/mol. The maximum atomic E-state index is 5.70. The maximum Gasteiger partial charge on any atom is 0.140 e. The molecule has 1 aromatic heterocycles. The predicted molar refractivity (Wildman–Crippen MR) is 86.0 cm³/mol. The lowest BCUT2D eigenvalue weighted by atomic mass is 10.2. The Balaban J connectivity index is 1.71. The fourth-order valence-corrected chi connectivity index (χ4v) is 2.93. The second-order valence-corrected chi connectivity index (χ2v) is 6.10. The van der Waals surface area contributed by atoms with Crippen molar-refractivity contribution in [3.8, 4) is 17.0 Å². The normalized spacial score (nSPS) is 10.4. The highest BCUT2D eigenvalue weighted by Gasteiger charge is 2.05. The van der Waals surface area contributed by atoms with Crippen LogP contribution in [-0.4, -0.2) is 4.98 Å². The molecule has 4 heteroatoms. The number of aromatic nitrogens is 1. The van der Waals surface area contributed by atoms with Gasteiger partial charge in [-0.15, -0.1) is 11.3 Å². The first-order chi connectivity index (χ1) is 9.81. The summed E-state index contributed by atoms with van der Waals surface area (Å²) in [5.74, 6) is 0.867. The van der Waals surface area contributed by atoms with Crippen LogP contribution in [0.1, 0.15) is 5.01 Å². The molecule has 0 amide bonds. The van der Waals surface area contributed by atoms with Crippen molar-refractivity contribution >= 4 is 27.3 Å². The second kappa shape index (κ2) is 6.20. The molecule has 100 valence electrons. The molecule has 0 saturated heterocycles. The monoisotopic (exact) mass is 345 g/mol. The topological polar surface area (TPSA) is 22.1 Å². The summed E-state index contributed by atoms with van der Waals surface area (Å²) in [4.78, 5) is 4.61. The minimum Gasteiger partial charge on any atom is -0.486 e. The molecule has 0 radical (unpaired) electrons. The molecule has 0 bridgehead atoms. The van der Waals surface area contributed by atoms with Gasteiger partial charge < -0.3 is 4.74 Å². The van der Waals surface area contributed by atoms with Crippen LogP contribution in [0.15, 0.2) is 64.5 Å². The Hall–Kier alpha value is -1.65. The first-order valence-electron chi connectivity index (χ1n) is 6.19. The van der Waals surface area contributed by atoms with E-state index in [4.69, 9.17) is 4.74 Å². The molecular weight excluding hydrogens is 334 g/mol. The Kier molecular flexibility index (Phi) is 4.14. The molecule has 0 fully saturated rings. The first-order valence-corrected chi connectivity index (χ1v) is 7.87. The van der Waals surface area contributed by atoms with Gasteiger partial charge in [-0.3, -0.25) is 0 Å². The zero-order valence-corrected chi connectivity index (χ0v) is 13.0. The van der Waals surface area contributed by atoms with Gasteiger partial charge in [-0.2, -0.15) is 0 Å². The van der Waals surface area contributed by atoms with Crippen LogP contribution in [0.25, 0.3) is 11.3 Å². The molecule has 2 nitrogen and oxygen atoms in total. The highest BCUT2D eigenvalue weighted by molar-refractivity contribution is 9.10. The van der Waals surface area contributed by atoms with E-state index in [1.54, 1.807) is 11.3 Å². The second-order valence-electron chi connectivity index (χ2n) is 4.24. The standard InChI is InChI=1S/C16H12BrNOS/c17-13-6-4-5-12(9-13)15-11-20-16(18-15)10-19-14-7-2-1-3-8-14/h1-9,11H,10H2. The fraction of sp³-hybridized carbons (Fsp3) is 0.0625. The van der Waals surface area contributed by atoms with E-state index in [1.165, 1.54) is 0 Å². The number of thiazole rings is 1. The van der Waals surface area contributed by atoms with Crippen LogP contribution in [-0.2, 0) is 6.61 Å². The van der Waals surface area contributed by atoms with Crippen LogP contribution < -0.4 is 4.74 Å². The Labute approximate surface area is 130 Å². The molecule has 20 heavy (non-hydrogen) atoms. The minimum absolute atomic E-state index is 0.503. The third-order valence-corrected chi connectivity index (χ3v) is 4.09. The zero-order chi connectivity index (χ0) is 13.8. The molecule has 3 rings (SSSR count). The Bertz CT molecular complexity index is 696. The third-order valence-electron chi connectivity index (χ3n) is 2.78. The van der Waals surface area contributed by atoms with E-state index in [-0.39, 0.29) is 0 Å². The van der Waals surface area contributed by atoms with E-state index in [0.29, 0.717) is 6.61 Å². The van der Waals surface area contributed by atoms with Gasteiger partial charge in [0.25, 0.3) is 0 Å². The molecule has 0 saturated carbocycles. The Morgan fingerprint density at radius 1 is 1.05 bits per heavy atom. The SMILES string of the molecule is Brc1cccc(-c2csc(COc3ccccc3)n2)c1. The number of para-hydroxylation sites is 1. The van der Waals surface area contributed by atoms with Crippen LogP contribution >= 0.6 is 27.3 Å². The minimum atomic E-state index is 0.503. The molecule has 0 aliphatic carbocycles. The van der Waals surface area contributed by atoms with Gasteiger partial charge >= 0.3 is 0 Å². The molecule has 1 heterocycles. The number of benzene rings is 2. The highest BCUT2D eigenvalue weighted by atomic mass is 79.9. The van der Waals surface area contributed by atoms with Gasteiger partial charge in [0.15, 0.2) is 0 Å². The summed E-state index contributed by atoms with van der Waals surface area (Å²) < 4.78 is 6.76. The van der Waals surface area contributed by atoms with Crippen molar-refractivity contribution in [2.75, 3.05) is 0 Å². The maximum absolute atomic E-state index is 5.70. The van der Waals surface area contributed by atoms with Crippen LogP contribution in [0.3, 0.4) is 0 Å². The van der Waals surface area contributed by atoms with Gasteiger partial charge in [-0.05, 0) is 24.3 Å². The predicted octanol–water partition coefficient (Wildman–Crippen LogP) is 5.15. The largest absolute Gasteiger partial charge is 0.486 e. The molecule has 0 aliphatic heterocycles. The van der Waals surface area contributed by atoms with E-state index in [1.807, 2.05) is 42.5 Å². The molecule has 0 aliphatic rings. The number of ether oxygens (including phenoxy) is 1. The molecule has 0 unspecified atom stereocenters. The number of hydrogen-bond donors (Lipinski definition) is 0. The zero-order valence-electron chi connectivity index (χ0n) is 10.6. The van der Waals surface area contributed by atoms with Gasteiger partial charge in [-0.25, -0.2) is 4.98 Å². The fourth-order valence-electron chi connectivity index (χ4n) is 1.82. The van der Waals surface area contributed by atoms with Crippen molar-refractivity contribution in [2.24, 2.45) is 0 Å². The smallest absolute Gasteiger partial charge is 0.140 e. The van der Waals surface area contributed by atoms with Gasteiger partial charge in [0, 0.05) is 15.4 Å². The molecule has 0 atom stereocenters. The van der Waals surface area contributed by atoms with E-state index < -0.39 is 0 Å². The summed E-state index contributed by atoms with van der Waals surface area (Å²) in [6, 6.07) is 17.9. The van der Waals surface area contributed by atoms with Crippen molar-refractivity contribution in [3.05, 3.63) is 69.5 Å². The summed E-state index contributed by atoms with van der Waals surface area (Å²) in [5.41, 5.74) is 2.10. The summed E-state index contributed by atoms with van der Waals surface area (Å²) in [6.07, 6.45) is 0. The van der Waals surface area contributed by atoms with Gasteiger partial charge in [-0.1, -0.05) is 46.3 Å². The van der Waals surface area contributed by atoms with E-state index in [2.05, 4.69) is 38.4 Å². The lowest BCUT2D eigenvalue weighted by molar-refractivity contribution is 0.305. The van der Waals surface area contributed by atoms with Crippen molar-refractivity contribution < 1.29 is 4.74 Å². The molecule has 0 spiro atoms. The van der Waals surface area contributed by atoms with Crippen molar-refractivity contribution in [1.82, 2.24) is 4.98 Å². The summed E-state index contributed by atoms with van der Waals surface area (Å²) in [5, 5.41) is 3.04. The summed E-state index contributed by atoms with van der Waals surface area (Å²) >= 11 is 5.10. The number of hydrogen-bond acceptors (Lipinski definition) is 3. The van der Waals surface area contributed by atoms with E-state index >= 15 is 0 Å². The number of halogens is 1. The van der Waals surface area contributed by atoms with Crippen molar-refractivity contribution in [2.45, 2.75) is 6.61 Å². The van der Waals surface area contributed by atoms with Gasteiger partial charge in [0.1, 0.15) is 17.4 Å². The van der Waals surface area contributed by atoms with Crippen LogP contribution in [0.5, 0.6) is 5.75 Å². The third kappa shape index (κ3) is 3.26. The number of rotatable bonds is 4. The van der Waals surface area contributed by atoms with Crippen molar-refractivity contribution in [1.29, 1.82) is 0 Å². The van der Waals surface area contributed by atoms with Crippen LogP contribution in [0.4, 0.5) is 0 Å². The summed E-state index contributed by atoms with van der Waals surface area (Å²) in [7, 11) is 0. The average Bonchev–Trinajstić information content (AvgIpc) is 2.95. The lowest BCUT2D eigenvalue weighted by Gasteiger charge is -2.02. The van der Waals surface area contributed by atoms with Gasteiger partial charge in [0.05, 0.1) is 5.69 Å². The van der Waals surface area contributed by atoms with E-state index in [9.17, 15) is 0 Å². The Morgan fingerprint density at radius 2 is 1.90 bits per heavy atom. The highest BCUT2D eigenvalue weighted by Crippen LogP contribution is 2.25.